The molecule has 0 unspecified atom stereocenters. The second-order valence-electron chi connectivity index (χ2n) is 5.54. The average molecular weight is 407 g/mol. The van der Waals surface area contributed by atoms with E-state index < -0.39 is 11.9 Å². The van der Waals surface area contributed by atoms with Gasteiger partial charge in [0.25, 0.3) is 0 Å². The third kappa shape index (κ3) is 3.47. The summed E-state index contributed by atoms with van der Waals surface area (Å²) < 4.78 is 11.4. The molecule has 0 atom stereocenters. The van der Waals surface area contributed by atoms with E-state index in [1.54, 1.807) is 0 Å². The van der Waals surface area contributed by atoms with Crippen LogP contribution in [-0.2, 0) is 15.2 Å². The van der Waals surface area contributed by atoms with Crippen molar-refractivity contribution in [1.29, 1.82) is 0 Å². The molecule has 9 nitrogen and oxygen atoms in total. The molecule has 0 fully saturated rings. The number of methoxy groups -OCH3 is 2. The molecule has 3 rings (SSSR count). The first-order valence-electron chi connectivity index (χ1n) is 7.77. The minimum atomic E-state index is -0.603. The maximum Gasteiger partial charge on any atom is 0.348 e. The third-order valence-corrected chi connectivity index (χ3v) is 5.80. The SMILES string of the molecule is COC(=O)c1sc(N)c(C(=O)OC)c1CSc1nnc2cc(C)nc(C)n12. The Labute approximate surface area is 162 Å². The van der Waals surface area contributed by atoms with Crippen molar-refractivity contribution in [2.75, 3.05) is 20.0 Å². The molecule has 0 spiro atoms. The number of thioether (sulfide) groups is 1. The lowest BCUT2D eigenvalue weighted by atomic mass is 10.1. The normalized spacial score (nSPS) is 11.0. The van der Waals surface area contributed by atoms with E-state index in [2.05, 4.69) is 15.2 Å². The predicted molar refractivity (Wildman–Crippen MR) is 101 cm³/mol. The molecule has 0 radical (unpaired) electrons. The van der Waals surface area contributed by atoms with Gasteiger partial charge in [-0.15, -0.1) is 21.5 Å². The molecule has 142 valence electrons. The van der Waals surface area contributed by atoms with Crippen LogP contribution in [0.4, 0.5) is 5.00 Å². The van der Waals surface area contributed by atoms with Crippen molar-refractivity contribution in [3.05, 3.63) is 33.6 Å². The number of fused-ring (bicyclic) bond motifs is 1. The lowest BCUT2D eigenvalue weighted by molar-refractivity contribution is 0.0601. The van der Waals surface area contributed by atoms with Gasteiger partial charge in [0.2, 0.25) is 0 Å². The summed E-state index contributed by atoms with van der Waals surface area (Å²) >= 11 is 2.31. The van der Waals surface area contributed by atoms with Gasteiger partial charge in [0.1, 0.15) is 15.7 Å². The van der Waals surface area contributed by atoms with Crippen LogP contribution >= 0.6 is 23.1 Å². The van der Waals surface area contributed by atoms with Crippen LogP contribution in [0.25, 0.3) is 5.65 Å². The number of esters is 2. The minimum Gasteiger partial charge on any atom is -0.465 e. The van der Waals surface area contributed by atoms with Gasteiger partial charge in [0, 0.05) is 23.1 Å². The first-order chi connectivity index (χ1) is 12.9. The third-order valence-electron chi connectivity index (χ3n) is 3.80. The minimum absolute atomic E-state index is 0.176. The molecule has 0 aliphatic carbocycles. The Morgan fingerprint density at radius 1 is 1.22 bits per heavy atom. The number of carbonyl (C=O) groups excluding carboxylic acids is 2. The van der Waals surface area contributed by atoms with Crippen LogP contribution in [0.2, 0.25) is 0 Å². The summed E-state index contributed by atoms with van der Waals surface area (Å²) in [4.78, 5) is 28.9. The molecule has 0 bridgehead atoms. The lowest BCUT2D eigenvalue weighted by Gasteiger charge is -2.07. The zero-order valence-electron chi connectivity index (χ0n) is 15.1. The van der Waals surface area contributed by atoms with Gasteiger partial charge >= 0.3 is 11.9 Å². The van der Waals surface area contributed by atoms with Crippen LogP contribution in [-0.4, -0.2) is 45.7 Å². The first-order valence-corrected chi connectivity index (χ1v) is 9.57. The van der Waals surface area contributed by atoms with Crippen LogP contribution in [0.1, 0.15) is 37.1 Å². The van der Waals surface area contributed by atoms with E-state index in [4.69, 9.17) is 15.2 Å². The van der Waals surface area contributed by atoms with E-state index in [0.29, 0.717) is 16.4 Å². The molecule has 0 amide bonds. The molecule has 3 aromatic heterocycles. The summed E-state index contributed by atoms with van der Waals surface area (Å²) in [6, 6.07) is 1.83. The van der Waals surface area contributed by atoms with Crippen molar-refractivity contribution in [3.8, 4) is 0 Å². The van der Waals surface area contributed by atoms with Crippen molar-refractivity contribution in [3.63, 3.8) is 0 Å². The molecule has 0 saturated heterocycles. The van der Waals surface area contributed by atoms with E-state index in [0.717, 1.165) is 22.9 Å². The van der Waals surface area contributed by atoms with Gasteiger partial charge < -0.3 is 15.2 Å². The maximum atomic E-state index is 12.1. The van der Waals surface area contributed by atoms with Crippen LogP contribution in [0, 0.1) is 13.8 Å². The molecule has 0 aliphatic heterocycles. The molecule has 0 aromatic carbocycles. The van der Waals surface area contributed by atoms with E-state index in [1.165, 1.54) is 26.0 Å². The highest BCUT2D eigenvalue weighted by Gasteiger charge is 2.27. The number of thiophene rings is 1. The van der Waals surface area contributed by atoms with E-state index in [9.17, 15) is 9.59 Å². The number of hydrogen-bond acceptors (Lipinski definition) is 10. The molecule has 0 saturated carbocycles. The Balaban J connectivity index is 2.01. The van der Waals surface area contributed by atoms with E-state index in [-0.39, 0.29) is 21.2 Å². The maximum absolute atomic E-state index is 12.1. The second-order valence-corrected chi connectivity index (χ2v) is 7.54. The second kappa shape index (κ2) is 7.53. The van der Waals surface area contributed by atoms with Gasteiger partial charge in [0.05, 0.1) is 19.8 Å². The van der Waals surface area contributed by atoms with Crippen molar-refractivity contribution >= 4 is 45.7 Å². The fourth-order valence-corrected chi connectivity index (χ4v) is 4.74. The number of rotatable bonds is 5. The molecule has 0 aliphatic rings. The number of ether oxygens (including phenoxy) is 2. The van der Waals surface area contributed by atoms with Gasteiger partial charge in [-0.1, -0.05) is 11.8 Å². The highest BCUT2D eigenvalue weighted by molar-refractivity contribution is 7.98. The van der Waals surface area contributed by atoms with Crippen molar-refractivity contribution in [2.45, 2.75) is 24.8 Å². The van der Waals surface area contributed by atoms with Crippen molar-refractivity contribution in [2.24, 2.45) is 0 Å². The molecule has 2 N–H and O–H groups in total. The number of aryl methyl sites for hydroxylation is 2. The molecule has 3 aromatic rings. The number of hydrogen-bond donors (Lipinski definition) is 1. The van der Waals surface area contributed by atoms with Crippen LogP contribution in [0.5, 0.6) is 0 Å². The Morgan fingerprint density at radius 2 is 1.93 bits per heavy atom. The molecule has 27 heavy (non-hydrogen) atoms. The quantitative estimate of drug-likeness (QED) is 0.501. The summed E-state index contributed by atoms with van der Waals surface area (Å²) in [5, 5.41) is 9.13. The van der Waals surface area contributed by atoms with Crippen molar-refractivity contribution in [1.82, 2.24) is 19.6 Å². The van der Waals surface area contributed by atoms with E-state index in [1.807, 2.05) is 24.3 Å². The Morgan fingerprint density at radius 3 is 2.59 bits per heavy atom. The van der Waals surface area contributed by atoms with Gasteiger partial charge in [-0.25, -0.2) is 14.6 Å². The van der Waals surface area contributed by atoms with Crippen LogP contribution < -0.4 is 5.73 Å². The Bertz CT molecular complexity index is 1040. The highest BCUT2D eigenvalue weighted by Crippen LogP contribution is 2.36. The summed E-state index contributed by atoms with van der Waals surface area (Å²) in [7, 11) is 2.54. The molecule has 11 heteroatoms. The number of carbonyl (C=O) groups is 2. The molecular formula is C16H17N5O4S2. The fraction of sp³-hybridized carbons (Fsp3) is 0.312. The summed E-state index contributed by atoms with van der Waals surface area (Å²) in [6.07, 6.45) is 0. The largest absolute Gasteiger partial charge is 0.465 e. The Kier molecular flexibility index (Phi) is 5.33. The lowest BCUT2D eigenvalue weighted by Crippen LogP contribution is -2.08. The van der Waals surface area contributed by atoms with Crippen LogP contribution in [0.3, 0.4) is 0 Å². The predicted octanol–water partition coefficient (Wildman–Crippen LogP) is 2.25. The van der Waals surface area contributed by atoms with Gasteiger partial charge in [-0.05, 0) is 13.8 Å². The standard InChI is InChI=1S/C16H17N5O4S2/c1-7-5-10-19-20-16(21(10)8(2)18-7)26-6-9-11(14(22)24-3)13(17)27-12(9)15(23)25-4/h5H,6,17H2,1-4H3. The zero-order valence-corrected chi connectivity index (χ0v) is 16.7. The number of nitrogen functional groups attached to an aromatic ring is 1. The summed E-state index contributed by atoms with van der Waals surface area (Å²) in [5.74, 6) is -0.161. The van der Waals surface area contributed by atoms with Gasteiger partial charge in [-0.3, -0.25) is 4.40 Å². The topological polar surface area (TPSA) is 122 Å². The molecular weight excluding hydrogens is 390 g/mol. The molecule has 3 heterocycles. The summed E-state index contributed by atoms with van der Waals surface area (Å²) in [6.45, 7) is 3.74. The first kappa shape index (κ1) is 19.1. The number of aromatic nitrogens is 4. The Hall–Kier alpha value is -2.66. The van der Waals surface area contributed by atoms with Crippen LogP contribution in [0.15, 0.2) is 11.2 Å². The number of nitrogens with two attached hydrogens (primary N) is 1. The number of anilines is 1. The van der Waals surface area contributed by atoms with Gasteiger partial charge in [-0.2, -0.15) is 0 Å². The number of nitrogens with zero attached hydrogens (tertiary/aromatic N) is 4. The zero-order chi connectivity index (χ0) is 19.7. The smallest absolute Gasteiger partial charge is 0.348 e. The average Bonchev–Trinajstić information content (AvgIpc) is 3.19. The van der Waals surface area contributed by atoms with Crippen molar-refractivity contribution < 1.29 is 19.1 Å². The van der Waals surface area contributed by atoms with Gasteiger partial charge in [0.15, 0.2) is 10.8 Å². The fourth-order valence-electron chi connectivity index (χ4n) is 2.64. The summed E-state index contributed by atoms with van der Waals surface area (Å²) in [5.41, 5.74) is 8.10. The highest BCUT2D eigenvalue weighted by atomic mass is 32.2. The van der Waals surface area contributed by atoms with E-state index >= 15 is 0 Å². The monoisotopic (exact) mass is 407 g/mol.